The molecule has 1 aromatic heterocycles. The van der Waals surface area contributed by atoms with E-state index in [1.807, 2.05) is 0 Å². The number of nitrogens with one attached hydrogen (secondary N) is 2. The Bertz CT molecular complexity index is 365. The van der Waals surface area contributed by atoms with Gasteiger partial charge in [-0.1, -0.05) is 0 Å². The molecular formula is C10H13N3O3. The van der Waals surface area contributed by atoms with Crippen LogP contribution in [0.15, 0.2) is 24.5 Å². The topological polar surface area (TPSA) is 80.3 Å². The minimum Gasteiger partial charge on any atom is -0.446 e. The van der Waals surface area contributed by atoms with Crippen molar-refractivity contribution < 1.29 is 14.3 Å². The summed E-state index contributed by atoms with van der Waals surface area (Å²) in [7, 11) is 0. The second kappa shape index (κ2) is 5.69. The van der Waals surface area contributed by atoms with Crippen molar-refractivity contribution in [2.45, 2.75) is 20.0 Å². The lowest BCUT2D eigenvalue weighted by atomic mass is 10.3. The van der Waals surface area contributed by atoms with Crippen LogP contribution in [-0.2, 0) is 4.74 Å². The smallest absolute Gasteiger partial charge is 0.426 e. The number of amides is 2. The summed E-state index contributed by atoms with van der Waals surface area (Å²) in [6.07, 6.45) is 2.04. The number of pyridine rings is 1. The van der Waals surface area contributed by atoms with E-state index in [1.165, 1.54) is 24.5 Å². The minimum atomic E-state index is -0.697. The summed E-state index contributed by atoms with van der Waals surface area (Å²) in [4.78, 5) is 26.2. The highest BCUT2D eigenvalue weighted by molar-refractivity contribution is 5.94. The quantitative estimate of drug-likeness (QED) is 0.729. The molecule has 0 saturated heterocycles. The van der Waals surface area contributed by atoms with Crippen LogP contribution in [0.1, 0.15) is 24.2 Å². The molecule has 0 saturated carbocycles. The molecule has 0 atom stereocenters. The average molecular weight is 223 g/mol. The summed E-state index contributed by atoms with van der Waals surface area (Å²) in [5.41, 5.74) is 4.75. The van der Waals surface area contributed by atoms with E-state index in [0.717, 1.165) is 0 Å². The Morgan fingerprint density at radius 2 is 1.88 bits per heavy atom. The highest BCUT2D eigenvalue weighted by atomic mass is 16.6. The summed E-state index contributed by atoms with van der Waals surface area (Å²) in [6.45, 7) is 3.43. The van der Waals surface area contributed by atoms with Crippen molar-refractivity contribution in [2.75, 3.05) is 0 Å². The third-order valence-electron chi connectivity index (χ3n) is 1.56. The van der Waals surface area contributed by atoms with Crippen LogP contribution in [0.5, 0.6) is 0 Å². The molecular weight excluding hydrogens is 210 g/mol. The largest absolute Gasteiger partial charge is 0.446 e. The predicted octanol–water partition coefficient (Wildman–Crippen LogP) is 0.861. The van der Waals surface area contributed by atoms with Crippen molar-refractivity contribution >= 4 is 12.0 Å². The minimum absolute atomic E-state index is 0.238. The van der Waals surface area contributed by atoms with Gasteiger partial charge in [-0.15, -0.1) is 0 Å². The number of rotatable bonds is 2. The summed E-state index contributed by atoms with van der Waals surface area (Å²) >= 11 is 0. The second-order valence-electron chi connectivity index (χ2n) is 3.27. The fourth-order valence-electron chi connectivity index (χ4n) is 0.927. The molecule has 1 rings (SSSR count). The van der Waals surface area contributed by atoms with Crippen LogP contribution in [0, 0.1) is 0 Å². The Kier molecular flexibility index (Phi) is 4.26. The van der Waals surface area contributed by atoms with Gasteiger partial charge in [0, 0.05) is 18.0 Å². The molecule has 0 fully saturated rings. The molecule has 1 heterocycles. The molecule has 1 aromatic rings. The molecule has 0 unspecified atom stereocenters. The van der Waals surface area contributed by atoms with Crippen molar-refractivity contribution in [2.24, 2.45) is 0 Å². The van der Waals surface area contributed by atoms with Gasteiger partial charge < -0.3 is 4.74 Å². The number of hydrogen-bond acceptors (Lipinski definition) is 4. The van der Waals surface area contributed by atoms with Crippen LogP contribution in [0.4, 0.5) is 4.79 Å². The van der Waals surface area contributed by atoms with Crippen molar-refractivity contribution in [3.05, 3.63) is 30.1 Å². The number of ether oxygens (including phenoxy) is 1. The number of hydrazine groups is 1. The van der Waals surface area contributed by atoms with Gasteiger partial charge in [-0.3, -0.25) is 15.2 Å². The monoisotopic (exact) mass is 223 g/mol. The molecule has 2 amide bonds. The zero-order chi connectivity index (χ0) is 12.0. The standard InChI is InChI=1S/C10H13N3O3/c1-7(2)16-10(15)13-12-9(14)8-3-5-11-6-4-8/h3-7H,1-2H3,(H,12,14)(H,13,15). The highest BCUT2D eigenvalue weighted by Crippen LogP contribution is 1.94. The Morgan fingerprint density at radius 1 is 1.25 bits per heavy atom. The van der Waals surface area contributed by atoms with Crippen LogP contribution >= 0.6 is 0 Å². The number of aromatic nitrogens is 1. The predicted molar refractivity (Wildman–Crippen MR) is 56.5 cm³/mol. The molecule has 0 spiro atoms. The molecule has 0 aliphatic heterocycles. The highest BCUT2D eigenvalue weighted by Gasteiger charge is 2.08. The van der Waals surface area contributed by atoms with E-state index in [0.29, 0.717) is 5.56 Å². The molecule has 0 aliphatic carbocycles. The van der Waals surface area contributed by atoms with Gasteiger partial charge in [-0.2, -0.15) is 0 Å². The zero-order valence-corrected chi connectivity index (χ0v) is 9.06. The van der Waals surface area contributed by atoms with Gasteiger partial charge in [-0.25, -0.2) is 10.2 Å². The molecule has 0 radical (unpaired) electrons. The van der Waals surface area contributed by atoms with Gasteiger partial charge in [0.05, 0.1) is 6.10 Å². The Morgan fingerprint density at radius 3 is 2.44 bits per heavy atom. The SMILES string of the molecule is CC(C)OC(=O)NNC(=O)c1ccncc1. The van der Waals surface area contributed by atoms with Crippen LogP contribution in [-0.4, -0.2) is 23.1 Å². The molecule has 0 aromatic carbocycles. The van der Waals surface area contributed by atoms with Gasteiger partial charge in [-0.05, 0) is 26.0 Å². The summed E-state index contributed by atoms with van der Waals surface area (Å²) in [6, 6.07) is 3.07. The normalized spacial score (nSPS) is 9.69. The van der Waals surface area contributed by atoms with Crippen molar-refractivity contribution in [1.82, 2.24) is 15.8 Å². The third kappa shape index (κ3) is 3.95. The van der Waals surface area contributed by atoms with E-state index in [2.05, 4.69) is 15.8 Å². The van der Waals surface area contributed by atoms with E-state index < -0.39 is 12.0 Å². The number of nitrogens with zero attached hydrogens (tertiary/aromatic N) is 1. The lowest BCUT2D eigenvalue weighted by molar-refractivity contribution is 0.0874. The molecule has 6 heteroatoms. The first kappa shape index (κ1) is 12.0. The van der Waals surface area contributed by atoms with Crippen LogP contribution < -0.4 is 10.9 Å². The first-order valence-electron chi connectivity index (χ1n) is 4.76. The summed E-state index contributed by atoms with van der Waals surface area (Å²) in [5, 5.41) is 0. The lowest BCUT2D eigenvalue weighted by Crippen LogP contribution is -2.42. The number of hydrogen-bond donors (Lipinski definition) is 2. The Hall–Kier alpha value is -2.11. The van der Waals surface area contributed by atoms with E-state index in [1.54, 1.807) is 13.8 Å². The maximum absolute atomic E-state index is 11.4. The molecule has 16 heavy (non-hydrogen) atoms. The van der Waals surface area contributed by atoms with Gasteiger partial charge in [0.15, 0.2) is 0 Å². The van der Waals surface area contributed by atoms with Gasteiger partial charge in [0.1, 0.15) is 0 Å². The molecule has 0 bridgehead atoms. The van der Waals surface area contributed by atoms with E-state index in [-0.39, 0.29) is 6.10 Å². The summed E-state index contributed by atoms with van der Waals surface area (Å²) < 4.78 is 4.76. The first-order chi connectivity index (χ1) is 7.59. The summed E-state index contributed by atoms with van der Waals surface area (Å²) in [5.74, 6) is -0.428. The maximum Gasteiger partial charge on any atom is 0.426 e. The Labute approximate surface area is 93.0 Å². The molecule has 0 aliphatic rings. The van der Waals surface area contributed by atoms with Crippen molar-refractivity contribution in [3.63, 3.8) is 0 Å². The van der Waals surface area contributed by atoms with Gasteiger partial charge in [0.2, 0.25) is 0 Å². The lowest BCUT2D eigenvalue weighted by Gasteiger charge is -2.10. The van der Waals surface area contributed by atoms with Gasteiger partial charge in [0.25, 0.3) is 5.91 Å². The molecule has 6 nitrogen and oxygen atoms in total. The van der Waals surface area contributed by atoms with Crippen molar-refractivity contribution in [3.8, 4) is 0 Å². The van der Waals surface area contributed by atoms with Gasteiger partial charge >= 0.3 is 6.09 Å². The number of carbonyl (C=O) groups is 2. The third-order valence-corrected chi connectivity index (χ3v) is 1.56. The van der Waals surface area contributed by atoms with E-state index >= 15 is 0 Å². The van der Waals surface area contributed by atoms with E-state index in [4.69, 9.17) is 4.74 Å². The fourth-order valence-corrected chi connectivity index (χ4v) is 0.927. The Balaban J connectivity index is 2.39. The fraction of sp³-hybridized carbons (Fsp3) is 0.300. The van der Waals surface area contributed by atoms with Crippen molar-refractivity contribution in [1.29, 1.82) is 0 Å². The molecule has 2 N–H and O–H groups in total. The van der Waals surface area contributed by atoms with Crippen LogP contribution in [0.2, 0.25) is 0 Å². The number of carbonyl (C=O) groups excluding carboxylic acids is 2. The molecule has 86 valence electrons. The van der Waals surface area contributed by atoms with Crippen LogP contribution in [0.3, 0.4) is 0 Å². The van der Waals surface area contributed by atoms with E-state index in [9.17, 15) is 9.59 Å². The van der Waals surface area contributed by atoms with Crippen LogP contribution in [0.25, 0.3) is 0 Å². The average Bonchev–Trinajstić information content (AvgIpc) is 2.26. The first-order valence-corrected chi connectivity index (χ1v) is 4.76. The maximum atomic E-state index is 11.4. The zero-order valence-electron chi connectivity index (χ0n) is 9.06. The second-order valence-corrected chi connectivity index (χ2v) is 3.27.